The highest BCUT2D eigenvalue weighted by Gasteiger charge is 2.46. The van der Waals surface area contributed by atoms with Crippen LogP contribution in [0.2, 0.25) is 0 Å². The first-order chi connectivity index (χ1) is 18.7. The van der Waals surface area contributed by atoms with Crippen LogP contribution in [-0.2, 0) is 9.53 Å². The van der Waals surface area contributed by atoms with E-state index in [-0.39, 0.29) is 17.7 Å². The van der Waals surface area contributed by atoms with Crippen LogP contribution in [0.5, 0.6) is 5.75 Å². The quantitative estimate of drug-likeness (QED) is 0.418. The number of halogens is 3. The molecular weight excluding hydrogens is 511 g/mol. The summed E-state index contributed by atoms with van der Waals surface area (Å²) in [7, 11) is 0. The molecule has 2 bridgehead atoms. The molecule has 6 rings (SSSR count). The lowest BCUT2D eigenvalue weighted by Crippen LogP contribution is -2.39. The minimum atomic E-state index is -4.51. The summed E-state index contributed by atoms with van der Waals surface area (Å²) < 4.78 is 52.1. The maximum absolute atomic E-state index is 12.5. The lowest BCUT2D eigenvalue weighted by atomic mass is 9.89. The van der Waals surface area contributed by atoms with Crippen LogP contribution in [0.3, 0.4) is 0 Å². The first kappa shape index (κ1) is 25.9. The van der Waals surface area contributed by atoms with Crippen molar-refractivity contribution in [3.05, 3.63) is 36.8 Å². The van der Waals surface area contributed by atoms with Gasteiger partial charge in [0.05, 0.1) is 11.5 Å². The predicted octanol–water partition coefficient (Wildman–Crippen LogP) is 5.32. The fourth-order valence-corrected chi connectivity index (χ4v) is 6.42. The van der Waals surface area contributed by atoms with Crippen LogP contribution in [0.1, 0.15) is 63.8 Å². The zero-order valence-corrected chi connectivity index (χ0v) is 21.5. The molecule has 0 spiro atoms. The van der Waals surface area contributed by atoms with Crippen LogP contribution in [0.4, 0.5) is 19.0 Å². The number of alkyl halides is 3. The Kier molecular flexibility index (Phi) is 6.65. The van der Waals surface area contributed by atoms with Gasteiger partial charge < -0.3 is 25.1 Å². The van der Waals surface area contributed by atoms with Crippen molar-refractivity contribution in [2.24, 2.45) is 0 Å². The number of carbonyl (C=O) groups is 1. The fraction of sp³-hybridized carbons (Fsp3) is 0.536. The maximum atomic E-state index is 12.5. The number of hydrogen-bond acceptors (Lipinski definition) is 6. The van der Waals surface area contributed by atoms with E-state index in [1.165, 1.54) is 6.33 Å². The van der Waals surface area contributed by atoms with Gasteiger partial charge in [0.2, 0.25) is 5.91 Å². The summed E-state index contributed by atoms with van der Waals surface area (Å²) in [5.41, 5.74) is 8.70. The molecule has 3 aromatic rings. The van der Waals surface area contributed by atoms with Crippen LogP contribution in [0, 0.1) is 0 Å². The van der Waals surface area contributed by atoms with Crippen molar-refractivity contribution >= 4 is 22.8 Å². The monoisotopic (exact) mass is 543 g/mol. The van der Waals surface area contributed by atoms with E-state index in [0.717, 1.165) is 47.9 Å². The predicted molar refractivity (Wildman–Crippen MR) is 139 cm³/mol. The van der Waals surface area contributed by atoms with Gasteiger partial charge in [0.1, 0.15) is 42.2 Å². The van der Waals surface area contributed by atoms with Crippen LogP contribution < -0.4 is 15.8 Å². The SMILES string of the molecule is Nc1ncnc2c1c(-c1cccc(OCC34CCC(CC3)O4)c1)cn2C1CCC(NC(=O)CC(F)(F)F)CC1. The Morgan fingerprint density at radius 2 is 1.92 bits per heavy atom. The second kappa shape index (κ2) is 10.0. The van der Waals surface area contributed by atoms with Gasteiger partial charge >= 0.3 is 6.18 Å². The highest BCUT2D eigenvalue weighted by atomic mass is 19.4. The zero-order valence-electron chi connectivity index (χ0n) is 21.5. The summed E-state index contributed by atoms with van der Waals surface area (Å²) in [5, 5.41) is 3.29. The highest BCUT2D eigenvalue weighted by Crippen LogP contribution is 2.44. The van der Waals surface area contributed by atoms with Crippen LogP contribution in [0.15, 0.2) is 36.8 Å². The molecule has 208 valence electrons. The molecule has 1 aliphatic carbocycles. The molecule has 1 saturated carbocycles. The third kappa shape index (κ3) is 5.41. The van der Waals surface area contributed by atoms with Crippen molar-refractivity contribution < 1.29 is 27.4 Å². The Morgan fingerprint density at radius 3 is 2.62 bits per heavy atom. The van der Waals surface area contributed by atoms with Gasteiger partial charge in [-0.15, -0.1) is 0 Å². The molecular formula is C28H32F3N5O3. The number of anilines is 1. The van der Waals surface area contributed by atoms with Crippen molar-refractivity contribution in [1.82, 2.24) is 19.9 Å². The molecule has 11 heteroatoms. The van der Waals surface area contributed by atoms with E-state index in [4.69, 9.17) is 15.2 Å². The molecule has 3 aliphatic rings. The summed E-state index contributed by atoms with van der Waals surface area (Å²) >= 11 is 0. The van der Waals surface area contributed by atoms with Gasteiger partial charge in [-0.25, -0.2) is 9.97 Å². The summed E-state index contributed by atoms with van der Waals surface area (Å²) in [5.74, 6) is 0.157. The molecule has 2 aliphatic heterocycles. The lowest BCUT2D eigenvalue weighted by molar-refractivity contribution is -0.154. The van der Waals surface area contributed by atoms with Gasteiger partial charge in [0.15, 0.2) is 0 Å². The summed E-state index contributed by atoms with van der Waals surface area (Å²) in [6, 6.07) is 7.68. The summed E-state index contributed by atoms with van der Waals surface area (Å²) in [4.78, 5) is 20.5. The van der Waals surface area contributed by atoms with Crippen LogP contribution in [-0.4, -0.2) is 51.0 Å². The second-order valence-electron chi connectivity index (χ2n) is 11.1. The van der Waals surface area contributed by atoms with E-state index in [1.807, 2.05) is 30.5 Å². The Morgan fingerprint density at radius 1 is 1.15 bits per heavy atom. The first-order valence-corrected chi connectivity index (χ1v) is 13.6. The Hall–Kier alpha value is -3.34. The first-order valence-electron chi connectivity index (χ1n) is 13.6. The van der Waals surface area contributed by atoms with E-state index in [0.29, 0.717) is 49.9 Å². The Balaban J connectivity index is 1.20. The minimum Gasteiger partial charge on any atom is -0.491 e. The number of nitrogens with two attached hydrogens (primary N) is 1. The second-order valence-corrected chi connectivity index (χ2v) is 11.1. The zero-order chi connectivity index (χ0) is 27.2. The van der Waals surface area contributed by atoms with Crippen LogP contribution in [0.25, 0.3) is 22.2 Å². The number of amides is 1. The van der Waals surface area contributed by atoms with Crippen molar-refractivity contribution in [1.29, 1.82) is 0 Å². The topological polar surface area (TPSA) is 104 Å². The number of ether oxygens (including phenoxy) is 2. The standard InChI is InChI=1S/C28H32F3N5O3/c29-28(30,31)13-23(37)35-18-4-6-19(7-5-18)36-14-22(24-25(32)33-16-34-26(24)36)17-2-1-3-21(12-17)38-15-27-10-8-20(39-27)9-11-27/h1-3,12,14,16,18-20H,4-11,13,15H2,(H,35,37)(H2,32,33,34). The van der Waals surface area contributed by atoms with Crippen molar-refractivity contribution in [3.8, 4) is 16.9 Å². The fourth-order valence-electron chi connectivity index (χ4n) is 6.42. The Labute approximate surface area is 224 Å². The van der Waals surface area contributed by atoms with E-state index in [2.05, 4.69) is 19.9 Å². The number of hydrogen-bond donors (Lipinski definition) is 2. The molecule has 0 atom stereocenters. The number of fused-ring (bicyclic) bond motifs is 3. The molecule has 3 fully saturated rings. The molecule has 3 N–H and O–H groups in total. The number of aromatic nitrogens is 3. The molecule has 2 aromatic heterocycles. The van der Waals surface area contributed by atoms with E-state index < -0.39 is 18.5 Å². The van der Waals surface area contributed by atoms with Crippen molar-refractivity contribution in [3.63, 3.8) is 0 Å². The molecule has 39 heavy (non-hydrogen) atoms. The molecule has 0 unspecified atom stereocenters. The third-order valence-electron chi connectivity index (χ3n) is 8.36. The molecule has 0 radical (unpaired) electrons. The molecule has 1 amide bonds. The van der Waals surface area contributed by atoms with Crippen molar-refractivity contribution in [2.45, 2.75) is 87.8 Å². The number of nitrogens with zero attached hydrogens (tertiary/aromatic N) is 3. The number of carbonyl (C=O) groups excluding carboxylic acids is 1. The van der Waals surface area contributed by atoms with Gasteiger partial charge in [-0.2, -0.15) is 13.2 Å². The molecule has 2 saturated heterocycles. The average Bonchev–Trinajstić information content (AvgIpc) is 3.61. The van der Waals surface area contributed by atoms with Gasteiger partial charge in [0, 0.05) is 23.8 Å². The normalized spacial score (nSPS) is 26.7. The van der Waals surface area contributed by atoms with E-state index in [9.17, 15) is 18.0 Å². The smallest absolute Gasteiger partial charge is 0.397 e. The molecule has 4 heterocycles. The number of rotatable bonds is 7. The van der Waals surface area contributed by atoms with Gasteiger partial charge in [-0.05, 0) is 69.1 Å². The lowest BCUT2D eigenvalue weighted by Gasteiger charge is -2.30. The molecule has 8 nitrogen and oxygen atoms in total. The van der Waals surface area contributed by atoms with Gasteiger partial charge in [-0.1, -0.05) is 12.1 Å². The molecule has 1 aromatic carbocycles. The Bertz CT molecular complexity index is 1360. The van der Waals surface area contributed by atoms with Gasteiger partial charge in [0.25, 0.3) is 0 Å². The van der Waals surface area contributed by atoms with Crippen LogP contribution >= 0.6 is 0 Å². The number of benzene rings is 1. The maximum Gasteiger partial charge on any atom is 0.397 e. The number of nitrogen functional groups attached to an aromatic ring is 1. The van der Waals surface area contributed by atoms with Gasteiger partial charge in [-0.3, -0.25) is 4.79 Å². The third-order valence-corrected chi connectivity index (χ3v) is 8.36. The average molecular weight is 544 g/mol. The highest BCUT2D eigenvalue weighted by molar-refractivity contribution is 6.00. The summed E-state index contributed by atoms with van der Waals surface area (Å²) in [6.45, 7) is 0.530. The van der Waals surface area contributed by atoms with E-state index >= 15 is 0 Å². The van der Waals surface area contributed by atoms with E-state index in [1.54, 1.807) is 0 Å². The number of nitrogens with one attached hydrogen (secondary N) is 1. The minimum absolute atomic E-state index is 0.0691. The van der Waals surface area contributed by atoms with Crippen molar-refractivity contribution in [2.75, 3.05) is 12.3 Å². The largest absolute Gasteiger partial charge is 0.491 e. The summed E-state index contributed by atoms with van der Waals surface area (Å²) in [6.07, 6.45) is 4.70.